The molecule has 0 aliphatic heterocycles. The van der Waals surface area contributed by atoms with Crippen molar-refractivity contribution in [2.45, 2.75) is 13.3 Å². The first-order valence-corrected chi connectivity index (χ1v) is 4.80. The molecule has 0 atom stereocenters. The van der Waals surface area contributed by atoms with Gasteiger partial charge < -0.3 is 15.8 Å². The summed E-state index contributed by atoms with van der Waals surface area (Å²) >= 11 is 0. The van der Waals surface area contributed by atoms with Gasteiger partial charge in [0.1, 0.15) is 5.82 Å². The third-order valence-corrected chi connectivity index (χ3v) is 1.78. The molecular formula is C10H16N4O. The molecule has 0 fully saturated rings. The molecular weight excluding hydrogens is 192 g/mol. The van der Waals surface area contributed by atoms with Gasteiger partial charge in [-0.15, -0.1) is 0 Å². The fourth-order valence-corrected chi connectivity index (χ4v) is 1.09. The molecule has 1 aromatic rings. The van der Waals surface area contributed by atoms with Crippen molar-refractivity contribution in [3.63, 3.8) is 0 Å². The maximum atomic E-state index is 5.51. The van der Waals surface area contributed by atoms with Gasteiger partial charge in [-0.3, -0.25) is 0 Å². The highest BCUT2D eigenvalue weighted by Crippen LogP contribution is 2.13. The normalized spacial score (nSPS) is 10.5. The first-order valence-electron chi connectivity index (χ1n) is 4.80. The minimum absolute atomic E-state index is 0.211. The van der Waals surface area contributed by atoms with Crippen LogP contribution in [0.3, 0.4) is 0 Å². The average molecular weight is 208 g/mol. The second-order valence-corrected chi connectivity index (χ2v) is 2.94. The summed E-state index contributed by atoms with van der Waals surface area (Å²) in [7, 11) is 1.55. The molecule has 82 valence electrons. The fraction of sp³-hybridized carbons (Fsp3) is 0.400. The van der Waals surface area contributed by atoms with E-state index in [0.717, 1.165) is 13.0 Å². The van der Waals surface area contributed by atoms with Crippen LogP contribution in [0.1, 0.15) is 13.3 Å². The second kappa shape index (κ2) is 5.85. The molecule has 0 aromatic carbocycles. The van der Waals surface area contributed by atoms with Gasteiger partial charge in [0.05, 0.1) is 7.11 Å². The lowest BCUT2D eigenvalue weighted by molar-refractivity contribution is 0.398. The van der Waals surface area contributed by atoms with Crippen LogP contribution in [0, 0.1) is 0 Å². The average Bonchev–Trinajstić information content (AvgIpc) is 2.23. The minimum atomic E-state index is 0.211. The fourth-order valence-electron chi connectivity index (χ4n) is 1.09. The van der Waals surface area contributed by atoms with Gasteiger partial charge in [-0.2, -0.15) is 9.97 Å². The number of rotatable bonds is 5. The first kappa shape index (κ1) is 11.3. The molecule has 5 heteroatoms. The Labute approximate surface area is 89.4 Å². The van der Waals surface area contributed by atoms with Crippen molar-refractivity contribution < 1.29 is 4.74 Å². The van der Waals surface area contributed by atoms with E-state index in [1.54, 1.807) is 13.2 Å². The lowest BCUT2D eigenvalue weighted by Gasteiger charge is -2.06. The zero-order chi connectivity index (χ0) is 11.1. The number of aromatic nitrogens is 2. The minimum Gasteiger partial charge on any atom is -0.481 e. The van der Waals surface area contributed by atoms with Gasteiger partial charge >= 0.3 is 0 Å². The van der Waals surface area contributed by atoms with Crippen molar-refractivity contribution in [2.24, 2.45) is 0 Å². The number of nitrogens with one attached hydrogen (secondary N) is 1. The van der Waals surface area contributed by atoms with Crippen molar-refractivity contribution in [3.8, 4) is 5.88 Å². The molecule has 0 aliphatic rings. The lowest BCUT2D eigenvalue weighted by atomic mass is 10.4. The number of anilines is 2. The summed E-state index contributed by atoms with van der Waals surface area (Å²) in [6.07, 6.45) is 5.04. The van der Waals surface area contributed by atoms with Gasteiger partial charge in [0.2, 0.25) is 11.8 Å². The van der Waals surface area contributed by atoms with E-state index >= 15 is 0 Å². The van der Waals surface area contributed by atoms with Crippen molar-refractivity contribution in [3.05, 3.63) is 18.2 Å². The summed E-state index contributed by atoms with van der Waals surface area (Å²) in [5.41, 5.74) is 5.51. The number of nitrogens with two attached hydrogens (primary N) is 1. The summed E-state index contributed by atoms with van der Waals surface area (Å²) in [6, 6.07) is 1.71. The Morgan fingerprint density at radius 2 is 2.33 bits per heavy atom. The largest absolute Gasteiger partial charge is 0.481 e. The van der Waals surface area contributed by atoms with E-state index in [0.29, 0.717) is 11.7 Å². The van der Waals surface area contributed by atoms with Crippen LogP contribution in [0.25, 0.3) is 0 Å². The molecule has 0 saturated heterocycles. The van der Waals surface area contributed by atoms with Gasteiger partial charge in [-0.05, 0) is 13.3 Å². The Bertz CT molecular complexity index is 338. The summed E-state index contributed by atoms with van der Waals surface area (Å²) in [5, 5.41) is 3.13. The quantitative estimate of drug-likeness (QED) is 0.566. The Morgan fingerprint density at radius 1 is 1.53 bits per heavy atom. The van der Waals surface area contributed by atoms with Gasteiger partial charge in [-0.25, -0.2) is 0 Å². The van der Waals surface area contributed by atoms with Gasteiger partial charge in [0.15, 0.2) is 0 Å². The molecule has 3 N–H and O–H groups in total. The molecule has 0 amide bonds. The SMILES string of the molecule is C/C=C/CCNc1cc(OC)nc(N)n1. The second-order valence-electron chi connectivity index (χ2n) is 2.94. The van der Waals surface area contributed by atoms with E-state index in [4.69, 9.17) is 10.5 Å². The molecule has 0 radical (unpaired) electrons. The van der Waals surface area contributed by atoms with Crippen LogP contribution in [-0.4, -0.2) is 23.6 Å². The van der Waals surface area contributed by atoms with Crippen molar-refractivity contribution in [2.75, 3.05) is 24.7 Å². The van der Waals surface area contributed by atoms with Crippen LogP contribution in [0.15, 0.2) is 18.2 Å². The molecule has 15 heavy (non-hydrogen) atoms. The van der Waals surface area contributed by atoms with E-state index < -0.39 is 0 Å². The molecule has 5 nitrogen and oxygen atoms in total. The van der Waals surface area contributed by atoms with Crippen LogP contribution in [0.4, 0.5) is 11.8 Å². The zero-order valence-corrected chi connectivity index (χ0v) is 9.03. The van der Waals surface area contributed by atoms with Gasteiger partial charge in [-0.1, -0.05) is 12.2 Å². The number of hydrogen-bond donors (Lipinski definition) is 2. The van der Waals surface area contributed by atoms with E-state index in [1.807, 2.05) is 13.0 Å². The third kappa shape index (κ3) is 3.84. The van der Waals surface area contributed by atoms with Crippen LogP contribution >= 0.6 is 0 Å². The number of allylic oxidation sites excluding steroid dienone is 1. The number of hydrogen-bond acceptors (Lipinski definition) is 5. The highest BCUT2D eigenvalue weighted by Gasteiger charge is 2.00. The van der Waals surface area contributed by atoms with Crippen molar-refractivity contribution >= 4 is 11.8 Å². The predicted octanol–water partition coefficient (Wildman–Crippen LogP) is 1.45. The monoisotopic (exact) mass is 208 g/mol. The zero-order valence-electron chi connectivity index (χ0n) is 9.03. The van der Waals surface area contributed by atoms with Crippen LogP contribution in [0.2, 0.25) is 0 Å². The van der Waals surface area contributed by atoms with Crippen molar-refractivity contribution in [1.82, 2.24) is 9.97 Å². The first-order chi connectivity index (χ1) is 7.26. The smallest absolute Gasteiger partial charge is 0.225 e. The highest BCUT2D eigenvalue weighted by molar-refractivity contribution is 5.42. The summed E-state index contributed by atoms with van der Waals surface area (Å²) in [4.78, 5) is 7.92. The van der Waals surface area contributed by atoms with E-state index in [2.05, 4.69) is 21.4 Å². The number of nitrogens with zero attached hydrogens (tertiary/aromatic N) is 2. The highest BCUT2D eigenvalue weighted by atomic mass is 16.5. The van der Waals surface area contributed by atoms with Crippen LogP contribution < -0.4 is 15.8 Å². The van der Waals surface area contributed by atoms with E-state index in [9.17, 15) is 0 Å². The summed E-state index contributed by atoms with van der Waals surface area (Å²) < 4.78 is 4.98. The topological polar surface area (TPSA) is 73.1 Å². The van der Waals surface area contributed by atoms with E-state index in [1.165, 1.54) is 0 Å². The van der Waals surface area contributed by atoms with Crippen LogP contribution in [-0.2, 0) is 0 Å². The lowest BCUT2D eigenvalue weighted by Crippen LogP contribution is -2.06. The Morgan fingerprint density at radius 3 is 3.00 bits per heavy atom. The standard InChI is InChI=1S/C10H16N4O/c1-3-4-5-6-12-8-7-9(15-2)14-10(11)13-8/h3-4,7H,5-6H2,1-2H3,(H3,11,12,13,14)/b4-3+. The van der Waals surface area contributed by atoms with E-state index in [-0.39, 0.29) is 5.95 Å². The van der Waals surface area contributed by atoms with Crippen LogP contribution in [0.5, 0.6) is 5.88 Å². The maximum absolute atomic E-state index is 5.51. The Kier molecular flexibility index (Phi) is 4.40. The molecule has 0 aliphatic carbocycles. The molecule has 1 heterocycles. The van der Waals surface area contributed by atoms with Gasteiger partial charge in [0.25, 0.3) is 0 Å². The maximum Gasteiger partial charge on any atom is 0.225 e. The van der Waals surface area contributed by atoms with Crippen molar-refractivity contribution in [1.29, 1.82) is 0 Å². The summed E-state index contributed by atoms with van der Waals surface area (Å²) in [5.74, 6) is 1.36. The van der Waals surface area contributed by atoms with Gasteiger partial charge in [0, 0.05) is 12.6 Å². The number of nitrogen functional groups attached to an aromatic ring is 1. The Hall–Kier alpha value is -1.78. The molecule has 1 aromatic heterocycles. The predicted molar refractivity (Wildman–Crippen MR) is 60.9 cm³/mol. The molecule has 0 spiro atoms. The molecule has 0 bridgehead atoms. The molecule has 0 saturated carbocycles. The number of methoxy groups -OCH3 is 1. The molecule has 0 unspecified atom stereocenters. The number of ether oxygens (including phenoxy) is 1. The molecule has 1 rings (SSSR count). The summed E-state index contributed by atoms with van der Waals surface area (Å²) in [6.45, 7) is 2.80. The Balaban J connectivity index is 2.56. The third-order valence-electron chi connectivity index (χ3n) is 1.78.